The summed E-state index contributed by atoms with van der Waals surface area (Å²) in [5.74, 6) is 0.527. The monoisotopic (exact) mass is 270 g/mol. The van der Waals surface area contributed by atoms with Crippen molar-refractivity contribution in [3.05, 3.63) is 42.7 Å². The van der Waals surface area contributed by atoms with E-state index < -0.39 is 0 Å². The molecule has 20 heavy (non-hydrogen) atoms. The van der Waals surface area contributed by atoms with Crippen molar-refractivity contribution in [2.24, 2.45) is 11.7 Å². The van der Waals surface area contributed by atoms with Gasteiger partial charge in [-0.1, -0.05) is 0 Å². The number of carbonyl (C=O) groups excluding carboxylic acids is 1. The predicted octanol–water partition coefficient (Wildman–Crippen LogP) is 1.94. The summed E-state index contributed by atoms with van der Waals surface area (Å²) in [6, 6.07) is 9.45. The van der Waals surface area contributed by atoms with Gasteiger partial charge in [0.2, 0.25) is 5.91 Å². The van der Waals surface area contributed by atoms with Crippen LogP contribution in [0.15, 0.2) is 42.7 Å². The van der Waals surface area contributed by atoms with Crippen LogP contribution in [0, 0.1) is 5.92 Å². The van der Waals surface area contributed by atoms with E-state index in [2.05, 4.69) is 10.4 Å². The first-order valence-electron chi connectivity index (χ1n) is 6.88. The number of anilines is 1. The Bertz CT molecular complexity index is 572. The van der Waals surface area contributed by atoms with Gasteiger partial charge in [0.1, 0.15) is 0 Å². The summed E-state index contributed by atoms with van der Waals surface area (Å²) in [6.45, 7) is 0. The minimum Gasteiger partial charge on any atom is -0.327 e. The summed E-state index contributed by atoms with van der Waals surface area (Å²) in [6.07, 6.45) is 6.32. The average molecular weight is 270 g/mol. The van der Waals surface area contributed by atoms with E-state index >= 15 is 0 Å². The number of nitrogens with two attached hydrogens (primary N) is 1. The Kier molecular flexibility index (Phi) is 3.52. The average Bonchev–Trinajstić information content (AvgIpc) is 3.15. The first-order valence-corrected chi connectivity index (χ1v) is 6.88. The van der Waals surface area contributed by atoms with Gasteiger partial charge >= 0.3 is 0 Å². The van der Waals surface area contributed by atoms with Crippen LogP contribution in [-0.2, 0) is 4.79 Å². The fourth-order valence-electron chi connectivity index (χ4n) is 2.24. The number of nitrogens with one attached hydrogen (secondary N) is 1. The Morgan fingerprint density at radius 3 is 2.75 bits per heavy atom. The van der Waals surface area contributed by atoms with Crippen molar-refractivity contribution in [1.29, 1.82) is 0 Å². The SMILES string of the molecule is NC(CC(=O)Nc1ccc(-n2cccn2)cc1)C1CC1. The molecule has 104 valence electrons. The molecule has 1 aromatic carbocycles. The zero-order valence-electron chi connectivity index (χ0n) is 11.2. The molecule has 3 N–H and O–H groups in total. The van der Waals surface area contributed by atoms with Crippen LogP contribution < -0.4 is 11.1 Å². The van der Waals surface area contributed by atoms with E-state index in [4.69, 9.17) is 5.73 Å². The number of nitrogens with zero attached hydrogens (tertiary/aromatic N) is 2. The van der Waals surface area contributed by atoms with E-state index in [1.165, 1.54) is 0 Å². The molecule has 1 amide bonds. The molecule has 1 heterocycles. The molecule has 1 aliphatic rings. The highest BCUT2D eigenvalue weighted by Gasteiger charge is 2.29. The fourth-order valence-corrected chi connectivity index (χ4v) is 2.24. The molecule has 1 aromatic heterocycles. The van der Waals surface area contributed by atoms with Gasteiger partial charge in [-0.15, -0.1) is 0 Å². The summed E-state index contributed by atoms with van der Waals surface area (Å²) in [5, 5.41) is 7.03. The molecule has 1 unspecified atom stereocenters. The van der Waals surface area contributed by atoms with Crippen LogP contribution in [0.5, 0.6) is 0 Å². The van der Waals surface area contributed by atoms with E-state index in [0.717, 1.165) is 24.2 Å². The molecule has 0 aliphatic heterocycles. The second-order valence-electron chi connectivity index (χ2n) is 5.25. The predicted molar refractivity (Wildman–Crippen MR) is 77.5 cm³/mol. The van der Waals surface area contributed by atoms with Gasteiger partial charge in [-0.3, -0.25) is 4.79 Å². The third-order valence-electron chi connectivity index (χ3n) is 3.57. The number of benzene rings is 1. The van der Waals surface area contributed by atoms with Crippen molar-refractivity contribution in [2.45, 2.75) is 25.3 Å². The van der Waals surface area contributed by atoms with Gasteiger partial charge in [0.25, 0.3) is 0 Å². The summed E-state index contributed by atoms with van der Waals surface area (Å²) >= 11 is 0. The Morgan fingerprint density at radius 2 is 2.15 bits per heavy atom. The molecule has 1 atom stereocenters. The Labute approximate surface area is 117 Å². The molecule has 1 aliphatic carbocycles. The molecule has 5 heteroatoms. The van der Waals surface area contributed by atoms with Crippen LogP contribution >= 0.6 is 0 Å². The molecule has 1 saturated carbocycles. The first kappa shape index (κ1) is 12.9. The van der Waals surface area contributed by atoms with Gasteiger partial charge in [0.05, 0.1) is 5.69 Å². The van der Waals surface area contributed by atoms with Crippen LogP contribution in [0.3, 0.4) is 0 Å². The summed E-state index contributed by atoms with van der Waals surface area (Å²) in [4.78, 5) is 11.9. The minimum atomic E-state index is -0.0174. The number of amides is 1. The third-order valence-corrected chi connectivity index (χ3v) is 3.57. The quantitative estimate of drug-likeness (QED) is 0.872. The lowest BCUT2D eigenvalue weighted by molar-refractivity contribution is -0.116. The van der Waals surface area contributed by atoms with E-state index in [0.29, 0.717) is 12.3 Å². The zero-order valence-corrected chi connectivity index (χ0v) is 11.2. The first-order chi connectivity index (χ1) is 9.72. The number of hydrogen-bond donors (Lipinski definition) is 2. The Morgan fingerprint density at radius 1 is 1.40 bits per heavy atom. The van der Waals surface area contributed by atoms with Crippen LogP contribution in [0.1, 0.15) is 19.3 Å². The van der Waals surface area contributed by atoms with Gasteiger partial charge in [-0.2, -0.15) is 5.10 Å². The van der Waals surface area contributed by atoms with Crippen LogP contribution in [0.4, 0.5) is 5.69 Å². The lowest BCUT2D eigenvalue weighted by atomic mass is 10.1. The highest BCUT2D eigenvalue weighted by molar-refractivity contribution is 5.91. The molecule has 1 fully saturated rings. The number of rotatable bonds is 5. The number of aromatic nitrogens is 2. The van der Waals surface area contributed by atoms with E-state index in [9.17, 15) is 4.79 Å². The second-order valence-corrected chi connectivity index (χ2v) is 5.25. The van der Waals surface area contributed by atoms with Gasteiger partial charge in [-0.25, -0.2) is 4.68 Å². The van der Waals surface area contributed by atoms with Crippen molar-refractivity contribution in [3.63, 3.8) is 0 Å². The fraction of sp³-hybridized carbons (Fsp3) is 0.333. The van der Waals surface area contributed by atoms with E-state index in [1.807, 2.05) is 36.5 Å². The molecule has 5 nitrogen and oxygen atoms in total. The van der Waals surface area contributed by atoms with Crippen LogP contribution in [0.2, 0.25) is 0 Å². The van der Waals surface area contributed by atoms with Gasteiger partial charge < -0.3 is 11.1 Å². The molecular formula is C15H18N4O. The summed E-state index contributed by atoms with van der Waals surface area (Å²) in [7, 11) is 0. The van der Waals surface area contributed by atoms with E-state index in [1.54, 1.807) is 10.9 Å². The molecule has 2 aromatic rings. The molecule has 0 bridgehead atoms. The Hall–Kier alpha value is -2.14. The van der Waals surface area contributed by atoms with Crippen molar-refractivity contribution in [2.75, 3.05) is 5.32 Å². The normalized spacial score (nSPS) is 15.8. The highest BCUT2D eigenvalue weighted by atomic mass is 16.1. The molecule has 0 radical (unpaired) electrons. The van der Waals surface area contributed by atoms with Gasteiger partial charge in [0.15, 0.2) is 0 Å². The van der Waals surface area contributed by atoms with Crippen molar-refractivity contribution < 1.29 is 4.79 Å². The number of hydrogen-bond acceptors (Lipinski definition) is 3. The van der Waals surface area contributed by atoms with Crippen LogP contribution in [0.25, 0.3) is 5.69 Å². The van der Waals surface area contributed by atoms with Crippen LogP contribution in [-0.4, -0.2) is 21.7 Å². The maximum absolute atomic E-state index is 11.9. The summed E-state index contributed by atoms with van der Waals surface area (Å²) in [5.41, 5.74) is 7.70. The third kappa shape index (κ3) is 3.05. The lowest BCUT2D eigenvalue weighted by Gasteiger charge is -2.11. The summed E-state index contributed by atoms with van der Waals surface area (Å²) < 4.78 is 1.77. The topological polar surface area (TPSA) is 72.9 Å². The van der Waals surface area contributed by atoms with Gasteiger partial charge in [0, 0.05) is 30.5 Å². The van der Waals surface area contributed by atoms with Crippen molar-refractivity contribution >= 4 is 11.6 Å². The maximum Gasteiger partial charge on any atom is 0.225 e. The van der Waals surface area contributed by atoms with Crippen molar-refractivity contribution in [3.8, 4) is 5.69 Å². The van der Waals surface area contributed by atoms with Crippen molar-refractivity contribution in [1.82, 2.24) is 9.78 Å². The lowest BCUT2D eigenvalue weighted by Crippen LogP contribution is -2.28. The largest absolute Gasteiger partial charge is 0.327 e. The molecule has 0 spiro atoms. The Balaban J connectivity index is 1.58. The van der Waals surface area contributed by atoms with E-state index in [-0.39, 0.29) is 11.9 Å². The molecule has 3 rings (SSSR count). The maximum atomic E-state index is 11.9. The van der Waals surface area contributed by atoms with Gasteiger partial charge in [-0.05, 0) is 49.1 Å². The molecule has 0 saturated heterocycles. The molecular weight excluding hydrogens is 252 g/mol. The smallest absolute Gasteiger partial charge is 0.225 e. The minimum absolute atomic E-state index is 0.00153. The highest BCUT2D eigenvalue weighted by Crippen LogP contribution is 2.32. The standard InChI is InChI=1S/C15H18N4O/c16-14(11-2-3-11)10-15(20)18-12-4-6-13(7-5-12)19-9-1-8-17-19/h1,4-9,11,14H,2-3,10,16H2,(H,18,20). The second kappa shape index (κ2) is 5.46. The zero-order chi connectivity index (χ0) is 13.9. The number of carbonyl (C=O) groups is 1.